The zero-order valence-corrected chi connectivity index (χ0v) is 15.9. The van der Waals surface area contributed by atoms with Crippen molar-refractivity contribution in [2.24, 2.45) is 35.5 Å². The van der Waals surface area contributed by atoms with Crippen LogP contribution in [0.4, 0.5) is 0 Å². The van der Waals surface area contributed by atoms with Crippen LogP contribution in [-0.2, 0) is 0 Å². The van der Waals surface area contributed by atoms with E-state index >= 15 is 0 Å². The molecule has 0 aromatic heterocycles. The summed E-state index contributed by atoms with van der Waals surface area (Å²) in [5.74, 6) is 6.92. The molecule has 7 unspecified atom stereocenters. The Morgan fingerprint density at radius 3 is 2.40 bits per heavy atom. The van der Waals surface area contributed by atoms with Crippen LogP contribution in [0.5, 0.6) is 0 Å². The predicted molar refractivity (Wildman–Crippen MR) is 83.6 cm³/mol. The summed E-state index contributed by atoms with van der Waals surface area (Å²) in [4.78, 5) is 0. The van der Waals surface area contributed by atoms with E-state index in [0.717, 1.165) is 17.8 Å². The van der Waals surface area contributed by atoms with Crippen molar-refractivity contribution in [3.05, 3.63) is 0 Å². The molecular weight excluding hydrogens is 355 g/mol. The molecule has 4 fully saturated rings. The molecule has 1 heteroatoms. The van der Waals surface area contributed by atoms with Gasteiger partial charge in [-0.25, -0.2) is 0 Å². The van der Waals surface area contributed by atoms with E-state index < -0.39 is 0 Å². The molecule has 0 aromatic carbocycles. The molecule has 3 saturated carbocycles. The molecule has 20 heavy (non-hydrogen) atoms. The van der Waals surface area contributed by atoms with Crippen molar-refractivity contribution in [2.45, 2.75) is 76.1 Å². The summed E-state index contributed by atoms with van der Waals surface area (Å²) in [6.45, 7) is 6.59. The van der Waals surface area contributed by atoms with Gasteiger partial charge < -0.3 is 0 Å². The van der Waals surface area contributed by atoms with Crippen molar-refractivity contribution in [2.75, 3.05) is 4.43 Å². The molecule has 0 nitrogen and oxygen atoms in total. The van der Waals surface area contributed by atoms with E-state index in [1.807, 2.05) is 13.8 Å². The molecule has 118 valence electrons. The quantitative estimate of drug-likeness (QED) is 0.441. The molecule has 3 aliphatic carbocycles. The molecule has 4 aliphatic rings. The van der Waals surface area contributed by atoms with Gasteiger partial charge in [-0.2, -0.15) is 0 Å². The molecule has 7 atom stereocenters. The first kappa shape index (κ1) is 15.6. The molecule has 0 spiro atoms. The Hall–Kier alpha value is 0.730. The van der Waals surface area contributed by atoms with Crippen molar-refractivity contribution in [1.82, 2.24) is 0 Å². The number of fused-ring (bicyclic) bond motifs is 5. The van der Waals surface area contributed by atoms with Crippen molar-refractivity contribution in [3.63, 3.8) is 0 Å². The fourth-order valence-corrected chi connectivity index (χ4v) is 10.5. The summed E-state index contributed by atoms with van der Waals surface area (Å²) in [6.07, 6.45) is 12.8. The summed E-state index contributed by atoms with van der Waals surface area (Å²) < 4.78 is 2.93. The van der Waals surface area contributed by atoms with Crippen molar-refractivity contribution < 1.29 is 21.2 Å². The van der Waals surface area contributed by atoms with Crippen molar-refractivity contribution >= 4 is 0 Å². The fourth-order valence-electron chi connectivity index (χ4n) is 6.25. The maximum absolute atomic E-state index is 2.59. The Balaban J connectivity index is 0.000000581. The minimum atomic E-state index is 0.616. The Bertz CT molecular complexity index is 313. The molecule has 1 heterocycles. The summed E-state index contributed by atoms with van der Waals surface area (Å²) in [7, 11) is 0. The second-order valence-corrected chi connectivity index (χ2v) is 11.1. The number of hydrogen-bond acceptors (Lipinski definition) is 0. The van der Waals surface area contributed by atoms with Gasteiger partial charge in [-0.15, -0.1) is 0 Å². The molecule has 0 N–H and O–H groups in total. The summed E-state index contributed by atoms with van der Waals surface area (Å²) in [5, 5.41) is 0. The van der Waals surface area contributed by atoms with Crippen LogP contribution in [-0.4, -0.2) is 8.35 Å². The third-order valence-electron chi connectivity index (χ3n) is 6.89. The number of hydrogen-bond donors (Lipinski definition) is 0. The summed E-state index contributed by atoms with van der Waals surface area (Å²) in [5.41, 5.74) is 0. The van der Waals surface area contributed by atoms with Gasteiger partial charge >= 0.3 is 123 Å². The van der Waals surface area contributed by atoms with E-state index in [0.29, 0.717) is 21.2 Å². The molecule has 0 amide bonds. The van der Waals surface area contributed by atoms with Gasteiger partial charge in [0.2, 0.25) is 0 Å². The van der Waals surface area contributed by atoms with Crippen LogP contribution in [0.25, 0.3) is 0 Å². The first-order valence-corrected chi connectivity index (χ1v) is 12.2. The van der Waals surface area contributed by atoms with E-state index in [-0.39, 0.29) is 0 Å². The summed E-state index contributed by atoms with van der Waals surface area (Å²) in [6, 6.07) is 0. The topological polar surface area (TPSA) is 0 Å². The number of alkyl halides is 2. The first-order chi connectivity index (χ1) is 9.84. The van der Waals surface area contributed by atoms with Gasteiger partial charge in [0.05, 0.1) is 0 Å². The monoisotopic (exact) mass is 389 g/mol. The summed E-state index contributed by atoms with van der Waals surface area (Å²) >= 11 is 0.616. The van der Waals surface area contributed by atoms with Gasteiger partial charge in [0.25, 0.3) is 0 Å². The van der Waals surface area contributed by atoms with E-state index in [1.54, 1.807) is 49.4 Å². The average molecular weight is 389 g/mol. The molecule has 1 aliphatic heterocycles. The maximum atomic E-state index is 2.59. The van der Waals surface area contributed by atoms with Gasteiger partial charge in [0, 0.05) is 0 Å². The molecule has 0 bridgehead atoms. The molecular formula is C19H34I-. The van der Waals surface area contributed by atoms with Gasteiger partial charge in [-0.05, 0) is 0 Å². The Morgan fingerprint density at radius 1 is 0.750 bits per heavy atom. The van der Waals surface area contributed by atoms with Gasteiger partial charge in [0.1, 0.15) is 0 Å². The van der Waals surface area contributed by atoms with Gasteiger partial charge in [-0.3, -0.25) is 0 Å². The third-order valence-corrected chi connectivity index (χ3v) is 10.8. The standard InChI is InChI=1S/C17H28I.C2H6/c1-11-3-2-4-12-5-6-13-14-9-10-18-16(14)8-7-15(13)17(11)12;1-2/h11-17H,2-10H2,1H3;1-2H3/q-1;. The van der Waals surface area contributed by atoms with Crippen molar-refractivity contribution in [1.29, 1.82) is 0 Å². The fraction of sp³-hybridized carbons (Fsp3) is 1.00. The zero-order valence-electron chi connectivity index (χ0n) is 13.8. The first-order valence-electron chi connectivity index (χ1n) is 9.42. The normalized spacial score (nSPS) is 50.6. The van der Waals surface area contributed by atoms with Crippen molar-refractivity contribution in [3.8, 4) is 0 Å². The minimum absolute atomic E-state index is 0.616. The van der Waals surface area contributed by atoms with E-state index in [9.17, 15) is 0 Å². The van der Waals surface area contributed by atoms with Crippen LogP contribution in [0, 0.1) is 35.5 Å². The van der Waals surface area contributed by atoms with Crippen LogP contribution in [0.15, 0.2) is 0 Å². The van der Waals surface area contributed by atoms with Crippen LogP contribution in [0.1, 0.15) is 72.1 Å². The average Bonchev–Trinajstić information content (AvgIpc) is 2.97. The van der Waals surface area contributed by atoms with Crippen LogP contribution in [0.3, 0.4) is 0 Å². The second kappa shape index (κ2) is 6.87. The van der Waals surface area contributed by atoms with E-state index in [2.05, 4.69) is 6.92 Å². The van der Waals surface area contributed by atoms with E-state index in [4.69, 9.17) is 0 Å². The van der Waals surface area contributed by atoms with Crippen LogP contribution < -0.4 is 21.2 Å². The molecule has 4 rings (SSSR count). The molecule has 1 saturated heterocycles. The molecule has 0 radical (unpaired) electrons. The zero-order chi connectivity index (χ0) is 14.1. The van der Waals surface area contributed by atoms with Crippen LogP contribution in [0.2, 0.25) is 0 Å². The number of halogens is 1. The van der Waals surface area contributed by atoms with E-state index in [1.165, 1.54) is 28.1 Å². The SMILES string of the molecule is CC.CC1CCCC2CCC3C4CC[I-]C4CCC3C12. The van der Waals surface area contributed by atoms with Gasteiger partial charge in [-0.1, -0.05) is 13.8 Å². The molecule has 0 aromatic rings. The van der Waals surface area contributed by atoms with Crippen LogP contribution >= 0.6 is 0 Å². The second-order valence-electron chi connectivity index (χ2n) is 7.54. The Kier molecular flexibility index (Phi) is 5.37. The Labute approximate surface area is 137 Å². The Morgan fingerprint density at radius 2 is 1.55 bits per heavy atom. The number of rotatable bonds is 0. The predicted octanol–water partition coefficient (Wildman–Crippen LogP) is 2.36. The van der Waals surface area contributed by atoms with Gasteiger partial charge in [0.15, 0.2) is 0 Å². The third kappa shape index (κ3) is 2.70.